The molecule has 0 saturated heterocycles. The largest absolute Gasteiger partial charge is 0.391 e. The Morgan fingerprint density at radius 1 is 1.19 bits per heavy atom. The Bertz CT molecular complexity index is 1100. The Hall–Kier alpha value is -3.33. The van der Waals surface area contributed by atoms with E-state index in [2.05, 4.69) is 20.4 Å². The van der Waals surface area contributed by atoms with Crippen molar-refractivity contribution < 1.29 is 14.3 Å². The number of nitrogens with zero attached hydrogens (tertiary/aromatic N) is 5. The van der Waals surface area contributed by atoms with Gasteiger partial charge in [0.25, 0.3) is 0 Å². The fraction of sp³-hybridized carbons (Fsp3) is 0.364. The summed E-state index contributed by atoms with van der Waals surface area (Å²) in [6, 6.07) is 5.68. The number of hydrogen-bond acceptors (Lipinski definition) is 6. The third-order valence-electron chi connectivity index (χ3n) is 5.42. The molecule has 0 spiro atoms. The van der Waals surface area contributed by atoms with E-state index in [9.17, 15) is 14.3 Å². The van der Waals surface area contributed by atoms with Gasteiger partial charge in [-0.25, -0.2) is 14.4 Å². The zero-order chi connectivity index (χ0) is 22.1. The van der Waals surface area contributed by atoms with Crippen LogP contribution in [0.15, 0.2) is 36.7 Å². The molecule has 0 aliphatic carbocycles. The Morgan fingerprint density at radius 3 is 2.65 bits per heavy atom. The highest BCUT2D eigenvalue weighted by atomic mass is 19.1. The summed E-state index contributed by atoms with van der Waals surface area (Å²) in [5.41, 5.74) is 3.29. The number of aryl methyl sites for hydroxylation is 3. The van der Waals surface area contributed by atoms with Crippen molar-refractivity contribution >= 4 is 17.4 Å². The van der Waals surface area contributed by atoms with Crippen LogP contribution in [0.25, 0.3) is 0 Å². The second kappa shape index (κ2) is 8.43. The number of fused-ring (bicyclic) bond motifs is 1. The van der Waals surface area contributed by atoms with Gasteiger partial charge < -0.3 is 15.3 Å². The lowest BCUT2D eigenvalue weighted by Gasteiger charge is -2.36. The number of aromatic nitrogens is 4. The molecule has 2 aromatic heterocycles. The number of hydrogen-bond donors (Lipinski definition) is 2. The highest BCUT2D eigenvalue weighted by Crippen LogP contribution is 2.32. The molecule has 4 rings (SSSR count). The number of carbonyl (C=O) groups excluding carboxylic acids is 1. The Labute approximate surface area is 179 Å². The fourth-order valence-electron chi connectivity index (χ4n) is 3.83. The molecule has 1 aromatic carbocycles. The molecule has 3 heterocycles. The van der Waals surface area contributed by atoms with Gasteiger partial charge in [0, 0.05) is 19.7 Å². The summed E-state index contributed by atoms with van der Waals surface area (Å²) in [6.45, 7) is 3.99. The van der Waals surface area contributed by atoms with Gasteiger partial charge in [0.15, 0.2) is 5.82 Å². The van der Waals surface area contributed by atoms with Gasteiger partial charge in [0.2, 0.25) is 5.91 Å². The zero-order valence-electron chi connectivity index (χ0n) is 17.7. The predicted molar refractivity (Wildman–Crippen MR) is 114 cm³/mol. The Balaban J connectivity index is 1.46. The molecule has 0 radical (unpaired) electrons. The average Bonchev–Trinajstić information content (AvgIpc) is 3.16. The molecule has 8 nitrogen and oxygen atoms in total. The lowest BCUT2D eigenvalue weighted by molar-refractivity contribution is -0.119. The number of halogens is 1. The van der Waals surface area contributed by atoms with Gasteiger partial charge in [-0.05, 0) is 43.5 Å². The summed E-state index contributed by atoms with van der Waals surface area (Å²) < 4.78 is 14.9. The van der Waals surface area contributed by atoms with Crippen molar-refractivity contribution in [1.82, 2.24) is 19.7 Å². The Kier molecular flexibility index (Phi) is 5.69. The van der Waals surface area contributed by atoms with Gasteiger partial charge in [0.1, 0.15) is 23.4 Å². The van der Waals surface area contributed by atoms with Crippen molar-refractivity contribution in [3.63, 3.8) is 0 Å². The standard InChI is InChI=1S/C22H25FN6O2/c1-13-19-21(28(3)20(14(2)30)22(31)27-19)26-18(25-13)9-6-16-10-24-29(12-16)11-15-4-7-17(23)8-5-15/h4-5,7-8,10,12,14,20,30H,6,9,11H2,1-3H3,(H,27,31)/t14-,20+/m1/s1. The number of benzene rings is 1. The SMILES string of the molecule is Cc1nc(CCc2cnn(Cc3ccc(F)cc3)c2)nc2c1NC(=O)[C@H]([C@@H](C)O)N2C. The Morgan fingerprint density at radius 2 is 1.94 bits per heavy atom. The van der Waals surface area contributed by atoms with Gasteiger partial charge in [-0.2, -0.15) is 5.10 Å². The fourth-order valence-corrected chi connectivity index (χ4v) is 3.83. The van der Waals surface area contributed by atoms with Crippen LogP contribution in [0, 0.1) is 12.7 Å². The monoisotopic (exact) mass is 424 g/mol. The van der Waals surface area contributed by atoms with Crippen LogP contribution >= 0.6 is 0 Å². The van der Waals surface area contributed by atoms with E-state index < -0.39 is 12.1 Å². The third kappa shape index (κ3) is 4.41. The maximum Gasteiger partial charge on any atom is 0.249 e. The lowest BCUT2D eigenvalue weighted by Crippen LogP contribution is -2.52. The molecule has 31 heavy (non-hydrogen) atoms. The van der Waals surface area contributed by atoms with Crippen LogP contribution in [0.4, 0.5) is 15.9 Å². The summed E-state index contributed by atoms with van der Waals surface area (Å²) in [6.07, 6.45) is 4.26. The summed E-state index contributed by atoms with van der Waals surface area (Å²) in [5, 5.41) is 17.2. The molecule has 3 aromatic rings. The van der Waals surface area contributed by atoms with E-state index in [4.69, 9.17) is 0 Å². The van der Waals surface area contributed by atoms with Gasteiger partial charge in [-0.15, -0.1) is 0 Å². The minimum atomic E-state index is -0.830. The summed E-state index contributed by atoms with van der Waals surface area (Å²) in [4.78, 5) is 23.2. The smallest absolute Gasteiger partial charge is 0.249 e. The van der Waals surface area contributed by atoms with Crippen molar-refractivity contribution in [3.8, 4) is 0 Å². The maximum absolute atomic E-state index is 13.1. The van der Waals surface area contributed by atoms with Gasteiger partial charge >= 0.3 is 0 Å². The molecule has 2 N–H and O–H groups in total. The van der Waals surface area contributed by atoms with E-state index in [1.807, 2.05) is 24.0 Å². The second-order valence-electron chi connectivity index (χ2n) is 7.88. The highest BCUT2D eigenvalue weighted by molar-refractivity contribution is 6.03. The molecule has 0 saturated carbocycles. The van der Waals surface area contributed by atoms with E-state index in [1.165, 1.54) is 12.1 Å². The number of rotatable bonds is 6. The summed E-state index contributed by atoms with van der Waals surface area (Å²) >= 11 is 0. The minimum Gasteiger partial charge on any atom is -0.391 e. The van der Waals surface area contributed by atoms with E-state index in [0.29, 0.717) is 42.4 Å². The second-order valence-corrected chi connectivity index (χ2v) is 7.88. The van der Waals surface area contributed by atoms with E-state index in [-0.39, 0.29) is 11.7 Å². The number of anilines is 2. The predicted octanol–water partition coefficient (Wildman–Crippen LogP) is 2.09. The number of likely N-dealkylation sites (N-methyl/N-ethyl adjacent to an activating group) is 1. The summed E-state index contributed by atoms with van der Waals surface area (Å²) in [5.74, 6) is 0.753. The summed E-state index contributed by atoms with van der Waals surface area (Å²) in [7, 11) is 1.75. The van der Waals surface area contributed by atoms with Crippen LogP contribution in [0.1, 0.15) is 29.6 Å². The molecular weight excluding hydrogens is 399 g/mol. The molecule has 1 amide bonds. The highest BCUT2D eigenvalue weighted by Gasteiger charge is 2.36. The number of aliphatic hydroxyl groups excluding tert-OH is 1. The average molecular weight is 424 g/mol. The first-order valence-corrected chi connectivity index (χ1v) is 10.2. The first-order chi connectivity index (χ1) is 14.8. The van der Waals surface area contributed by atoms with Crippen molar-refractivity contribution in [2.24, 2.45) is 0 Å². The molecule has 1 aliphatic rings. The van der Waals surface area contributed by atoms with Crippen LogP contribution in [-0.4, -0.2) is 50.0 Å². The van der Waals surface area contributed by atoms with Crippen molar-refractivity contribution in [2.75, 3.05) is 17.3 Å². The first-order valence-electron chi connectivity index (χ1n) is 10.2. The quantitative estimate of drug-likeness (QED) is 0.629. The number of amides is 1. The molecule has 1 aliphatic heterocycles. The maximum atomic E-state index is 13.1. The van der Waals surface area contributed by atoms with E-state index >= 15 is 0 Å². The molecule has 162 valence electrons. The molecule has 0 fully saturated rings. The van der Waals surface area contributed by atoms with Crippen LogP contribution in [0.3, 0.4) is 0 Å². The van der Waals surface area contributed by atoms with Gasteiger partial charge in [0.05, 0.1) is 24.5 Å². The molecule has 2 atom stereocenters. The van der Waals surface area contributed by atoms with Crippen molar-refractivity contribution in [1.29, 1.82) is 0 Å². The molecular formula is C22H25FN6O2. The zero-order valence-corrected chi connectivity index (χ0v) is 17.7. The molecule has 0 bridgehead atoms. The molecule has 0 unspecified atom stereocenters. The van der Waals surface area contributed by atoms with Crippen molar-refractivity contribution in [3.05, 3.63) is 65.1 Å². The van der Waals surface area contributed by atoms with Gasteiger partial charge in [-0.1, -0.05) is 12.1 Å². The van der Waals surface area contributed by atoms with Crippen molar-refractivity contribution in [2.45, 2.75) is 45.4 Å². The van der Waals surface area contributed by atoms with Crippen LogP contribution in [0.5, 0.6) is 0 Å². The van der Waals surface area contributed by atoms with E-state index in [0.717, 1.165) is 11.1 Å². The van der Waals surface area contributed by atoms with Gasteiger partial charge in [-0.3, -0.25) is 9.48 Å². The topological polar surface area (TPSA) is 96.2 Å². The third-order valence-corrected chi connectivity index (χ3v) is 5.42. The van der Waals surface area contributed by atoms with Crippen LogP contribution in [0.2, 0.25) is 0 Å². The van der Waals surface area contributed by atoms with Crippen LogP contribution in [-0.2, 0) is 24.2 Å². The van der Waals surface area contributed by atoms with Crippen LogP contribution < -0.4 is 10.2 Å². The minimum absolute atomic E-state index is 0.254. The normalized spacial score (nSPS) is 16.7. The lowest BCUT2D eigenvalue weighted by atomic mass is 10.1. The number of aliphatic hydroxyl groups is 1. The number of carbonyl (C=O) groups is 1. The number of nitrogens with one attached hydrogen (secondary N) is 1. The first kappa shape index (κ1) is 20.9. The van der Waals surface area contributed by atoms with E-state index in [1.54, 1.807) is 31.0 Å². The molecule has 9 heteroatoms.